The zero-order chi connectivity index (χ0) is 9.52. The van der Waals surface area contributed by atoms with E-state index < -0.39 is 0 Å². The van der Waals surface area contributed by atoms with Crippen molar-refractivity contribution >= 4 is 6.21 Å². The van der Waals surface area contributed by atoms with Crippen LogP contribution in [0.1, 0.15) is 5.56 Å². The minimum atomic E-state index is 0.257. The molecule has 0 spiro atoms. The summed E-state index contributed by atoms with van der Waals surface area (Å²) in [4.78, 5) is 0. The van der Waals surface area contributed by atoms with E-state index in [1.807, 2.05) is 0 Å². The predicted molar refractivity (Wildman–Crippen MR) is 50.2 cm³/mol. The van der Waals surface area contributed by atoms with Crippen LogP contribution in [0, 0.1) is 12.3 Å². The topological polar surface area (TPSA) is 41.8 Å². The van der Waals surface area contributed by atoms with Gasteiger partial charge in [0.15, 0.2) is 0 Å². The zero-order valence-corrected chi connectivity index (χ0v) is 6.97. The molecule has 3 heteroatoms. The lowest BCUT2D eigenvalue weighted by atomic mass is 10.2. The van der Waals surface area contributed by atoms with Gasteiger partial charge in [-0.1, -0.05) is 11.1 Å². The fourth-order valence-corrected chi connectivity index (χ4v) is 0.842. The van der Waals surface area contributed by atoms with Gasteiger partial charge in [-0.25, -0.2) is 0 Å². The highest BCUT2D eigenvalue weighted by molar-refractivity contribution is 5.79. The first-order chi connectivity index (χ1) is 6.36. The Morgan fingerprint density at radius 1 is 1.46 bits per heavy atom. The van der Waals surface area contributed by atoms with Gasteiger partial charge in [-0.2, -0.15) is 0 Å². The molecule has 0 aliphatic carbocycles. The molecule has 0 heterocycles. The lowest BCUT2D eigenvalue weighted by molar-refractivity contribution is 0.322. The average Bonchev–Trinajstić information content (AvgIpc) is 2.17. The summed E-state index contributed by atoms with van der Waals surface area (Å²) >= 11 is 0. The molecule has 1 aromatic rings. The van der Waals surface area contributed by atoms with Crippen LogP contribution in [-0.2, 0) is 0 Å². The van der Waals surface area contributed by atoms with E-state index >= 15 is 0 Å². The average molecular weight is 175 g/mol. The third-order valence-corrected chi connectivity index (χ3v) is 1.41. The molecule has 0 aliphatic rings. The predicted octanol–water partition coefficient (Wildman–Crippen LogP) is 1.51. The van der Waals surface area contributed by atoms with E-state index in [1.54, 1.807) is 24.3 Å². The number of terminal acetylenes is 1. The molecule has 0 saturated heterocycles. The van der Waals surface area contributed by atoms with Crippen molar-refractivity contribution in [2.75, 3.05) is 6.61 Å². The van der Waals surface area contributed by atoms with E-state index in [1.165, 1.54) is 6.21 Å². The van der Waals surface area contributed by atoms with Gasteiger partial charge in [-0.15, -0.1) is 6.42 Å². The van der Waals surface area contributed by atoms with E-state index in [0.29, 0.717) is 5.75 Å². The molecule has 1 rings (SSSR count). The molecule has 0 atom stereocenters. The minimum absolute atomic E-state index is 0.257. The second-order valence-corrected chi connectivity index (χ2v) is 2.31. The Bertz CT molecular complexity index is 322. The van der Waals surface area contributed by atoms with Gasteiger partial charge < -0.3 is 9.94 Å². The van der Waals surface area contributed by atoms with Gasteiger partial charge in [0.05, 0.1) is 6.21 Å². The summed E-state index contributed by atoms with van der Waals surface area (Å²) in [5.41, 5.74) is 0.801. The number of rotatable bonds is 3. The SMILES string of the molecule is C#CCOc1ccc(/C=N\O)cc1. The minimum Gasteiger partial charge on any atom is -0.481 e. The fourth-order valence-electron chi connectivity index (χ4n) is 0.842. The Morgan fingerprint density at radius 2 is 2.15 bits per heavy atom. The van der Waals surface area contributed by atoms with Crippen LogP contribution in [-0.4, -0.2) is 18.0 Å². The van der Waals surface area contributed by atoms with Crippen molar-refractivity contribution in [3.63, 3.8) is 0 Å². The van der Waals surface area contributed by atoms with Gasteiger partial charge in [0.2, 0.25) is 0 Å². The van der Waals surface area contributed by atoms with Crippen molar-refractivity contribution < 1.29 is 9.94 Å². The Morgan fingerprint density at radius 3 is 2.69 bits per heavy atom. The number of nitrogens with zero attached hydrogens (tertiary/aromatic N) is 1. The Balaban J connectivity index is 2.65. The summed E-state index contributed by atoms with van der Waals surface area (Å²) in [5, 5.41) is 11.1. The van der Waals surface area contributed by atoms with Crippen LogP contribution in [0.3, 0.4) is 0 Å². The van der Waals surface area contributed by atoms with Gasteiger partial charge in [-0.3, -0.25) is 0 Å². The van der Waals surface area contributed by atoms with Crippen molar-refractivity contribution in [2.45, 2.75) is 0 Å². The third-order valence-electron chi connectivity index (χ3n) is 1.41. The monoisotopic (exact) mass is 175 g/mol. The molecule has 0 radical (unpaired) electrons. The third kappa shape index (κ3) is 2.88. The molecule has 66 valence electrons. The van der Waals surface area contributed by atoms with Gasteiger partial charge in [-0.05, 0) is 29.8 Å². The first-order valence-corrected chi connectivity index (χ1v) is 3.70. The summed E-state index contributed by atoms with van der Waals surface area (Å²) < 4.78 is 5.15. The van der Waals surface area contributed by atoms with E-state index in [4.69, 9.17) is 16.4 Å². The van der Waals surface area contributed by atoms with Crippen molar-refractivity contribution in [3.05, 3.63) is 29.8 Å². The van der Waals surface area contributed by atoms with Gasteiger partial charge in [0.1, 0.15) is 12.4 Å². The van der Waals surface area contributed by atoms with Crippen molar-refractivity contribution in [1.82, 2.24) is 0 Å². The van der Waals surface area contributed by atoms with Crippen molar-refractivity contribution in [2.24, 2.45) is 5.16 Å². The van der Waals surface area contributed by atoms with Crippen molar-refractivity contribution in [3.8, 4) is 18.1 Å². The number of oxime groups is 1. The summed E-state index contributed by atoms with van der Waals surface area (Å²) in [5.74, 6) is 3.07. The number of ether oxygens (including phenoxy) is 1. The molecule has 0 amide bonds. The van der Waals surface area contributed by atoms with Crippen LogP contribution in [0.25, 0.3) is 0 Å². The second-order valence-electron chi connectivity index (χ2n) is 2.31. The Hall–Kier alpha value is -1.95. The number of benzene rings is 1. The summed E-state index contributed by atoms with van der Waals surface area (Å²) in [6.07, 6.45) is 6.36. The maximum atomic E-state index is 8.24. The number of hydrogen-bond acceptors (Lipinski definition) is 3. The largest absolute Gasteiger partial charge is 0.481 e. The smallest absolute Gasteiger partial charge is 0.148 e. The maximum absolute atomic E-state index is 8.24. The van der Waals surface area contributed by atoms with Crippen LogP contribution >= 0.6 is 0 Å². The van der Waals surface area contributed by atoms with Crippen LogP contribution in [0.5, 0.6) is 5.75 Å². The molecule has 0 bridgehead atoms. The highest BCUT2D eigenvalue weighted by Crippen LogP contribution is 2.10. The lowest BCUT2D eigenvalue weighted by Crippen LogP contribution is -1.93. The molecule has 0 saturated carbocycles. The normalized spacial score (nSPS) is 9.77. The summed E-state index contributed by atoms with van der Waals surface area (Å²) in [7, 11) is 0. The molecule has 3 nitrogen and oxygen atoms in total. The lowest BCUT2D eigenvalue weighted by Gasteiger charge is -2.00. The van der Waals surface area contributed by atoms with Crippen LogP contribution < -0.4 is 4.74 Å². The number of hydrogen-bond donors (Lipinski definition) is 1. The standard InChI is InChI=1S/C10H9NO2/c1-2-7-13-10-5-3-9(4-6-10)8-11-12/h1,3-6,8,12H,7H2/b11-8-. The van der Waals surface area contributed by atoms with E-state index in [-0.39, 0.29) is 6.61 Å². The van der Waals surface area contributed by atoms with Crippen LogP contribution in [0.4, 0.5) is 0 Å². The first-order valence-electron chi connectivity index (χ1n) is 3.70. The molecule has 0 aliphatic heterocycles. The molecular weight excluding hydrogens is 166 g/mol. The van der Waals surface area contributed by atoms with E-state index in [2.05, 4.69) is 11.1 Å². The van der Waals surface area contributed by atoms with E-state index in [9.17, 15) is 0 Å². The molecule has 1 aromatic carbocycles. The molecular formula is C10H9NO2. The molecule has 1 N–H and O–H groups in total. The molecule has 0 unspecified atom stereocenters. The fraction of sp³-hybridized carbons (Fsp3) is 0.100. The summed E-state index contributed by atoms with van der Waals surface area (Å²) in [6, 6.07) is 7.06. The zero-order valence-electron chi connectivity index (χ0n) is 6.97. The first kappa shape index (κ1) is 9.14. The highest BCUT2D eigenvalue weighted by atomic mass is 16.5. The van der Waals surface area contributed by atoms with Gasteiger partial charge in [0.25, 0.3) is 0 Å². The van der Waals surface area contributed by atoms with Crippen LogP contribution in [0.2, 0.25) is 0 Å². The van der Waals surface area contributed by atoms with Crippen LogP contribution in [0.15, 0.2) is 29.4 Å². The van der Waals surface area contributed by atoms with Gasteiger partial charge in [0, 0.05) is 0 Å². The summed E-state index contributed by atoms with van der Waals surface area (Å²) in [6.45, 7) is 0.257. The van der Waals surface area contributed by atoms with E-state index in [0.717, 1.165) is 5.56 Å². The molecule has 0 aromatic heterocycles. The molecule has 0 fully saturated rings. The second kappa shape index (κ2) is 4.83. The van der Waals surface area contributed by atoms with Crippen molar-refractivity contribution in [1.29, 1.82) is 0 Å². The quantitative estimate of drug-likeness (QED) is 0.327. The Kier molecular flexibility index (Phi) is 3.40. The maximum Gasteiger partial charge on any atom is 0.148 e. The Labute approximate surface area is 76.6 Å². The highest BCUT2D eigenvalue weighted by Gasteiger charge is 1.91. The molecule has 13 heavy (non-hydrogen) atoms. The van der Waals surface area contributed by atoms with Gasteiger partial charge >= 0.3 is 0 Å².